The molecule has 3 rings (SSSR count). The minimum atomic E-state index is -1.21. The summed E-state index contributed by atoms with van der Waals surface area (Å²) in [5.74, 6) is -0.849. The molecule has 1 heterocycles. The zero-order valence-electron chi connectivity index (χ0n) is 21.5. The summed E-state index contributed by atoms with van der Waals surface area (Å²) in [6.45, 7) is 9.11. The number of carbonyl (C=O) groups excluding carboxylic acids is 3. The van der Waals surface area contributed by atoms with Gasteiger partial charge in [0.15, 0.2) is 0 Å². The fourth-order valence-electron chi connectivity index (χ4n) is 3.85. The maximum absolute atomic E-state index is 13.4. The molecule has 0 saturated heterocycles. The van der Waals surface area contributed by atoms with Crippen LogP contribution in [0.3, 0.4) is 0 Å². The molecule has 0 aromatic heterocycles. The SMILES string of the molecule is CC(C)CC(NC(=O)OC(C)(C)C)C(=O)NC1N=C(c2ccccc2)c2cc(Cl)ccc2N(C)C1=O. The molecule has 1 aliphatic rings. The van der Waals surface area contributed by atoms with Gasteiger partial charge in [0.05, 0.1) is 11.4 Å². The first-order chi connectivity index (χ1) is 16.9. The van der Waals surface area contributed by atoms with Crippen molar-refractivity contribution in [2.75, 3.05) is 11.9 Å². The van der Waals surface area contributed by atoms with Gasteiger partial charge < -0.3 is 20.3 Å². The molecule has 36 heavy (non-hydrogen) atoms. The Bertz CT molecular complexity index is 1160. The molecular weight excluding hydrogens is 480 g/mol. The number of hydrogen-bond donors (Lipinski definition) is 2. The predicted octanol–water partition coefficient (Wildman–Crippen LogP) is 4.54. The molecule has 1 aliphatic heterocycles. The van der Waals surface area contributed by atoms with Crippen LogP contribution >= 0.6 is 11.6 Å². The van der Waals surface area contributed by atoms with Crippen molar-refractivity contribution < 1.29 is 19.1 Å². The number of alkyl carbamates (subject to hydrolysis) is 1. The van der Waals surface area contributed by atoms with E-state index in [-0.39, 0.29) is 5.92 Å². The summed E-state index contributed by atoms with van der Waals surface area (Å²) in [7, 11) is 1.63. The van der Waals surface area contributed by atoms with E-state index in [1.807, 2.05) is 44.2 Å². The first kappa shape index (κ1) is 27.2. The number of amides is 3. The molecule has 192 valence electrons. The number of benzodiazepines with no additional fused rings is 1. The van der Waals surface area contributed by atoms with Crippen LogP contribution in [0.2, 0.25) is 5.02 Å². The fourth-order valence-corrected chi connectivity index (χ4v) is 4.03. The van der Waals surface area contributed by atoms with Gasteiger partial charge in [-0.3, -0.25) is 9.59 Å². The number of carbonyl (C=O) groups is 3. The normalized spacial score (nSPS) is 16.6. The van der Waals surface area contributed by atoms with Crippen molar-refractivity contribution >= 4 is 40.9 Å². The molecule has 0 saturated carbocycles. The van der Waals surface area contributed by atoms with Crippen molar-refractivity contribution in [3.8, 4) is 0 Å². The Morgan fingerprint density at radius 3 is 2.42 bits per heavy atom. The monoisotopic (exact) mass is 512 g/mol. The highest BCUT2D eigenvalue weighted by Gasteiger charge is 2.34. The molecule has 9 heteroatoms. The Hall–Kier alpha value is -3.39. The number of likely N-dealkylation sites (N-methyl/N-ethyl adjacent to an activating group) is 1. The molecular formula is C27H33ClN4O4. The average molecular weight is 513 g/mol. The summed E-state index contributed by atoms with van der Waals surface area (Å²) in [5, 5.41) is 5.88. The van der Waals surface area contributed by atoms with Crippen molar-refractivity contribution in [1.82, 2.24) is 10.6 Å². The molecule has 0 bridgehead atoms. The van der Waals surface area contributed by atoms with Gasteiger partial charge in [-0.15, -0.1) is 0 Å². The van der Waals surface area contributed by atoms with Crippen molar-refractivity contribution in [3.63, 3.8) is 0 Å². The Labute approximate surface area is 217 Å². The summed E-state index contributed by atoms with van der Waals surface area (Å²) >= 11 is 6.29. The van der Waals surface area contributed by atoms with Gasteiger partial charge in [-0.1, -0.05) is 55.8 Å². The van der Waals surface area contributed by atoms with Crippen LogP contribution in [0, 0.1) is 5.92 Å². The summed E-state index contributed by atoms with van der Waals surface area (Å²) in [5.41, 5.74) is 1.87. The van der Waals surface area contributed by atoms with Crippen LogP contribution in [0.25, 0.3) is 0 Å². The first-order valence-electron chi connectivity index (χ1n) is 11.9. The minimum absolute atomic E-state index is 0.0953. The molecule has 0 fully saturated rings. The van der Waals surface area contributed by atoms with E-state index in [9.17, 15) is 14.4 Å². The Morgan fingerprint density at radius 2 is 1.81 bits per heavy atom. The molecule has 2 aromatic rings. The van der Waals surface area contributed by atoms with Gasteiger partial charge in [-0.05, 0) is 51.3 Å². The second-order valence-corrected chi connectivity index (χ2v) is 10.6. The number of halogens is 1. The zero-order valence-corrected chi connectivity index (χ0v) is 22.2. The Balaban J connectivity index is 1.97. The van der Waals surface area contributed by atoms with Gasteiger partial charge in [0, 0.05) is 23.2 Å². The predicted molar refractivity (Wildman–Crippen MR) is 141 cm³/mol. The minimum Gasteiger partial charge on any atom is -0.444 e. The average Bonchev–Trinajstić information content (AvgIpc) is 2.88. The number of rotatable bonds is 6. The molecule has 0 spiro atoms. The molecule has 2 N–H and O–H groups in total. The van der Waals surface area contributed by atoms with Gasteiger partial charge >= 0.3 is 6.09 Å². The smallest absolute Gasteiger partial charge is 0.408 e. The highest BCUT2D eigenvalue weighted by Crippen LogP contribution is 2.30. The summed E-state index contributed by atoms with van der Waals surface area (Å²) in [6, 6.07) is 13.7. The number of hydrogen-bond acceptors (Lipinski definition) is 5. The zero-order chi connectivity index (χ0) is 26.6. The number of anilines is 1. The summed E-state index contributed by atoms with van der Waals surface area (Å²) in [4.78, 5) is 45.3. The third kappa shape index (κ3) is 6.85. The molecule has 2 atom stereocenters. The van der Waals surface area contributed by atoms with Gasteiger partial charge in [-0.25, -0.2) is 9.79 Å². The maximum atomic E-state index is 13.4. The van der Waals surface area contributed by atoms with E-state index in [2.05, 4.69) is 10.6 Å². The largest absolute Gasteiger partial charge is 0.444 e. The second-order valence-electron chi connectivity index (χ2n) is 10.1. The van der Waals surface area contributed by atoms with E-state index >= 15 is 0 Å². The van der Waals surface area contributed by atoms with Gasteiger partial charge in [0.1, 0.15) is 11.6 Å². The lowest BCUT2D eigenvalue weighted by molar-refractivity contribution is -0.128. The van der Waals surface area contributed by atoms with Crippen molar-refractivity contribution in [1.29, 1.82) is 0 Å². The number of benzene rings is 2. The van der Waals surface area contributed by atoms with Crippen LogP contribution in [0.4, 0.5) is 10.5 Å². The van der Waals surface area contributed by atoms with E-state index in [0.717, 1.165) is 5.56 Å². The quantitative estimate of drug-likeness (QED) is 0.593. The van der Waals surface area contributed by atoms with E-state index in [1.165, 1.54) is 4.90 Å². The number of ether oxygens (including phenoxy) is 1. The van der Waals surface area contributed by atoms with Gasteiger partial charge in [0.25, 0.3) is 5.91 Å². The van der Waals surface area contributed by atoms with Crippen LogP contribution < -0.4 is 15.5 Å². The van der Waals surface area contributed by atoms with Crippen molar-refractivity contribution in [2.45, 2.75) is 58.8 Å². The van der Waals surface area contributed by atoms with Crippen LogP contribution in [0.1, 0.15) is 52.2 Å². The first-order valence-corrected chi connectivity index (χ1v) is 12.2. The molecule has 0 aliphatic carbocycles. The molecule has 2 aromatic carbocycles. The Kier molecular flexibility index (Phi) is 8.40. The van der Waals surface area contributed by atoms with Crippen LogP contribution in [0.15, 0.2) is 53.5 Å². The number of aliphatic imine (C=N–C) groups is 1. The van der Waals surface area contributed by atoms with Crippen molar-refractivity contribution in [3.05, 3.63) is 64.7 Å². The van der Waals surface area contributed by atoms with Crippen LogP contribution in [-0.4, -0.2) is 48.5 Å². The molecule has 0 radical (unpaired) electrons. The molecule has 8 nitrogen and oxygen atoms in total. The second kappa shape index (κ2) is 11.1. The number of nitrogens with one attached hydrogen (secondary N) is 2. The van der Waals surface area contributed by atoms with Gasteiger partial charge in [0.2, 0.25) is 12.1 Å². The van der Waals surface area contributed by atoms with Gasteiger partial charge in [-0.2, -0.15) is 0 Å². The van der Waals surface area contributed by atoms with E-state index < -0.39 is 35.7 Å². The van der Waals surface area contributed by atoms with E-state index in [0.29, 0.717) is 28.4 Å². The lowest BCUT2D eigenvalue weighted by atomic mass is 10.0. The topological polar surface area (TPSA) is 100 Å². The molecule has 3 amide bonds. The maximum Gasteiger partial charge on any atom is 0.408 e. The highest BCUT2D eigenvalue weighted by molar-refractivity contribution is 6.32. The standard InChI is InChI=1S/C27H33ClN4O4/c1-16(2)14-20(29-26(35)36-27(3,4)5)24(33)31-23-25(34)32(6)21-13-12-18(28)15-19(21)22(30-23)17-10-8-7-9-11-17/h7-13,15-16,20,23H,14H2,1-6H3,(H,29,35)(H,31,33). The van der Waals surface area contributed by atoms with Crippen LogP contribution in [0.5, 0.6) is 0 Å². The molecule has 2 unspecified atom stereocenters. The highest BCUT2D eigenvalue weighted by atomic mass is 35.5. The van der Waals surface area contributed by atoms with Crippen molar-refractivity contribution in [2.24, 2.45) is 10.9 Å². The number of fused-ring (bicyclic) bond motifs is 1. The fraction of sp³-hybridized carbons (Fsp3) is 0.407. The van der Waals surface area contributed by atoms with E-state index in [4.69, 9.17) is 21.3 Å². The van der Waals surface area contributed by atoms with Crippen LogP contribution in [-0.2, 0) is 14.3 Å². The third-order valence-electron chi connectivity index (χ3n) is 5.44. The lowest BCUT2D eigenvalue weighted by Gasteiger charge is -2.26. The summed E-state index contributed by atoms with van der Waals surface area (Å²) < 4.78 is 5.33. The number of nitrogens with zero attached hydrogens (tertiary/aromatic N) is 2. The lowest BCUT2D eigenvalue weighted by Crippen LogP contribution is -2.54. The Morgan fingerprint density at radius 1 is 1.14 bits per heavy atom. The third-order valence-corrected chi connectivity index (χ3v) is 5.67. The summed E-state index contributed by atoms with van der Waals surface area (Å²) in [6.07, 6.45) is -1.56. The van der Waals surface area contributed by atoms with E-state index in [1.54, 1.807) is 46.0 Å².